The number of piperidine rings is 1. The number of hydrogen-bond acceptors (Lipinski definition) is 5. The number of rotatable bonds is 3. The second kappa shape index (κ2) is 8.01. The molecular weight excluding hydrogens is 380 g/mol. The summed E-state index contributed by atoms with van der Waals surface area (Å²) in [6, 6.07) is 15.6. The lowest BCUT2D eigenvalue weighted by Gasteiger charge is -2.40. The first kappa shape index (κ1) is 20.3. The van der Waals surface area contributed by atoms with Crippen molar-refractivity contribution in [2.45, 2.75) is 51.9 Å². The van der Waals surface area contributed by atoms with E-state index in [2.05, 4.69) is 4.90 Å². The molecule has 0 N–H and O–H groups in total. The molecule has 6 nitrogen and oxygen atoms in total. The van der Waals surface area contributed by atoms with Crippen LogP contribution in [0, 0.1) is 0 Å². The highest BCUT2D eigenvalue weighted by atomic mass is 16.6. The fourth-order valence-corrected chi connectivity index (χ4v) is 4.05. The summed E-state index contributed by atoms with van der Waals surface area (Å²) in [5, 5.41) is 0. The molecule has 2 heterocycles. The summed E-state index contributed by atoms with van der Waals surface area (Å²) < 4.78 is 10.8. The Labute approximate surface area is 177 Å². The lowest BCUT2D eigenvalue weighted by Crippen LogP contribution is -2.49. The van der Waals surface area contributed by atoms with Gasteiger partial charge >= 0.3 is 12.1 Å². The van der Waals surface area contributed by atoms with E-state index in [1.807, 2.05) is 74.2 Å². The van der Waals surface area contributed by atoms with Crippen LogP contribution in [-0.4, -0.2) is 36.8 Å². The van der Waals surface area contributed by atoms with Gasteiger partial charge in [-0.15, -0.1) is 0 Å². The fraction of sp³-hybridized carbons (Fsp3) is 0.417. The maximum absolute atomic E-state index is 12.5. The zero-order valence-corrected chi connectivity index (χ0v) is 17.8. The van der Waals surface area contributed by atoms with E-state index in [9.17, 15) is 9.59 Å². The summed E-state index contributed by atoms with van der Waals surface area (Å²) >= 11 is 0. The van der Waals surface area contributed by atoms with Gasteiger partial charge in [0.2, 0.25) is 0 Å². The Hall–Kier alpha value is -3.02. The van der Waals surface area contributed by atoms with Gasteiger partial charge in [0, 0.05) is 30.4 Å². The third-order valence-corrected chi connectivity index (χ3v) is 5.50. The molecule has 2 aliphatic heterocycles. The van der Waals surface area contributed by atoms with Crippen molar-refractivity contribution in [3.8, 4) is 0 Å². The summed E-state index contributed by atoms with van der Waals surface area (Å²) in [5.74, 6) is -0.310. The van der Waals surface area contributed by atoms with E-state index in [1.165, 1.54) is 0 Å². The number of nitrogens with zero attached hydrogens (tertiary/aromatic N) is 2. The number of esters is 1. The molecule has 2 aliphatic rings. The number of para-hydroxylation sites is 1. The number of amides is 1. The highest BCUT2D eigenvalue weighted by molar-refractivity contribution is 5.91. The molecular formula is C24H28N2O4. The Bertz CT molecular complexity index is 925. The second-order valence-electron chi connectivity index (χ2n) is 8.82. The zero-order valence-electron chi connectivity index (χ0n) is 17.8. The summed E-state index contributed by atoms with van der Waals surface area (Å²) in [6.07, 6.45) is 1.46. The van der Waals surface area contributed by atoms with Crippen molar-refractivity contribution in [3.05, 3.63) is 59.7 Å². The van der Waals surface area contributed by atoms with Gasteiger partial charge in [-0.25, -0.2) is 9.59 Å². The molecule has 0 aliphatic carbocycles. The molecule has 0 spiro atoms. The Morgan fingerprint density at radius 1 is 1.03 bits per heavy atom. The molecule has 0 atom stereocenters. The molecule has 158 valence electrons. The maximum Gasteiger partial charge on any atom is 0.414 e. The number of carbonyl (C=O) groups is 2. The van der Waals surface area contributed by atoms with E-state index < -0.39 is 5.60 Å². The summed E-state index contributed by atoms with van der Waals surface area (Å²) in [4.78, 5) is 28.8. The van der Waals surface area contributed by atoms with Crippen molar-refractivity contribution in [2.24, 2.45) is 0 Å². The molecule has 0 aromatic heterocycles. The van der Waals surface area contributed by atoms with Crippen LogP contribution in [0.4, 0.5) is 16.2 Å². The zero-order chi connectivity index (χ0) is 21.3. The average Bonchev–Trinajstić information content (AvgIpc) is 2.73. The maximum atomic E-state index is 12.5. The Kier molecular flexibility index (Phi) is 5.41. The van der Waals surface area contributed by atoms with E-state index in [0.29, 0.717) is 12.2 Å². The third kappa shape index (κ3) is 4.27. The van der Waals surface area contributed by atoms with Crippen molar-refractivity contribution < 1.29 is 19.1 Å². The molecule has 6 heteroatoms. The number of ether oxygens (including phenoxy) is 2. The lowest BCUT2D eigenvalue weighted by molar-refractivity contribution is 0.00695. The molecule has 1 fully saturated rings. The molecule has 0 unspecified atom stereocenters. The van der Waals surface area contributed by atoms with Crippen LogP contribution in [0.25, 0.3) is 0 Å². The van der Waals surface area contributed by atoms with Crippen molar-refractivity contribution in [1.29, 1.82) is 0 Å². The van der Waals surface area contributed by atoms with Crippen molar-refractivity contribution in [3.63, 3.8) is 0 Å². The monoisotopic (exact) mass is 408 g/mol. The van der Waals surface area contributed by atoms with Gasteiger partial charge in [0.15, 0.2) is 0 Å². The minimum Gasteiger partial charge on any atom is -0.456 e. The lowest BCUT2D eigenvalue weighted by atomic mass is 10.00. The van der Waals surface area contributed by atoms with Gasteiger partial charge < -0.3 is 14.4 Å². The highest BCUT2D eigenvalue weighted by Gasteiger charge is 2.34. The largest absolute Gasteiger partial charge is 0.456 e. The van der Waals surface area contributed by atoms with Crippen LogP contribution in [0.2, 0.25) is 0 Å². The predicted octanol–water partition coefficient (Wildman–Crippen LogP) is 4.77. The van der Waals surface area contributed by atoms with Crippen LogP contribution in [0.5, 0.6) is 0 Å². The van der Waals surface area contributed by atoms with Crippen LogP contribution in [0.3, 0.4) is 0 Å². The normalized spacial score (nSPS) is 17.4. The Morgan fingerprint density at radius 3 is 2.37 bits per heavy atom. The SMILES string of the molecule is CC(C)(C)OC(=O)c1ccc(N2CCC(N3C(=O)OCc4ccccc43)CC2)cc1. The number of carbonyl (C=O) groups excluding carboxylic acids is 2. The standard InChI is InChI=1S/C24H28N2O4/c1-24(2,3)30-22(27)17-8-10-19(11-9-17)25-14-12-20(13-15-25)26-21-7-5-4-6-18(21)16-29-23(26)28/h4-11,20H,12-16H2,1-3H3. The second-order valence-corrected chi connectivity index (χ2v) is 8.82. The van der Waals surface area contributed by atoms with E-state index in [4.69, 9.17) is 9.47 Å². The molecule has 0 radical (unpaired) electrons. The highest BCUT2D eigenvalue weighted by Crippen LogP contribution is 2.32. The molecule has 0 saturated carbocycles. The van der Waals surface area contributed by atoms with Gasteiger partial charge in [-0.2, -0.15) is 0 Å². The topological polar surface area (TPSA) is 59.1 Å². The van der Waals surface area contributed by atoms with E-state index in [1.54, 1.807) is 0 Å². The molecule has 2 aromatic rings. The summed E-state index contributed by atoms with van der Waals surface area (Å²) in [7, 11) is 0. The average molecular weight is 408 g/mol. The number of fused-ring (bicyclic) bond motifs is 1. The van der Waals surface area contributed by atoms with Crippen LogP contribution in [-0.2, 0) is 16.1 Å². The number of cyclic esters (lactones) is 1. The van der Waals surface area contributed by atoms with Crippen LogP contribution in [0.15, 0.2) is 48.5 Å². The van der Waals surface area contributed by atoms with Crippen LogP contribution in [0.1, 0.15) is 49.5 Å². The van der Waals surface area contributed by atoms with Gasteiger partial charge in [0.1, 0.15) is 12.2 Å². The third-order valence-electron chi connectivity index (χ3n) is 5.50. The van der Waals surface area contributed by atoms with E-state index in [0.717, 1.165) is 42.9 Å². The summed E-state index contributed by atoms with van der Waals surface area (Å²) in [5.41, 5.74) is 3.14. The van der Waals surface area contributed by atoms with Gasteiger partial charge in [-0.1, -0.05) is 18.2 Å². The van der Waals surface area contributed by atoms with Crippen molar-refractivity contribution in [2.75, 3.05) is 22.9 Å². The van der Waals surface area contributed by atoms with E-state index >= 15 is 0 Å². The summed E-state index contributed by atoms with van der Waals surface area (Å²) in [6.45, 7) is 7.60. The molecule has 0 bridgehead atoms. The number of hydrogen-bond donors (Lipinski definition) is 0. The minimum atomic E-state index is -0.508. The molecule has 4 rings (SSSR count). The number of benzene rings is 2. The van der Waals surface area contributed by atoms with Crippen LogP contribution >= 0.6 is 0 Å². The van der Waals surface area contributed by atoms with Gasteiger partial charge in [0.05, 0.1) is 11.3 Å². The first-order valence-corrected chi connectivity index (χ1v) is 10.4. The van der Waals surface area contributed by atoms with Gasteiger partial charge in [-0.05, 0) is 63.9 Å². The Balaban J connectivity index is 1.40. The minimum absolute atomic E-state index is 0.122. The molecule has 1 amide bonds. The van der Waals surface area contributed by atoms with Gasteiger partial charge in [-0.3, -0.25) is 4.90 Å². The fourth-order valence-electron chi connectivity index (χ4n) is 4.05. The van der Waals surface area contributed by atoms with Crippen LogP contribution < -0.4 is 9.80 Å². The molecule has 1 saturated heterocycles. The molecule has 2 aromatic carbocycles. The number of anilines is 2. The van der Waals surface area contributed by atoms with Gasteiger partial charge in [0.25, 0.3) is 0 Å². The van der Waals surface area contributed by atoms with Crippen molar-refractivity contribution >= 4 is 23.4 Å². The van der Waals surface area contributed by atoms with E-state index in [-0.39, 0.29) is 18.1 Å². The first-order chi connectivity index (χ1) is 14.3. The quantitative estimate of drug-likeness (QED) is 0.685. The first-order valence-electron chi connectivity index (χ1n) is 10.4. The van der Waals surface area contributed by atoms with Crippen molar-refractivity contribution in [1.82, 2.24) is 0 Å². The predicted molar refractivity (Wildman–Crippen MR) is 116 cm³/mol. The molecule has 30 heavy (non-hydrogen) atoms. The Morgan fingerprint density at radius 2 is 1.70 bits per heavy atom. The smallest absolute Gasteiger partial charge is 0.414 e.